The minimum Gasteiger partial charge on any atom is -0.476 e. The van der Waals surface area contributed by atoms with Crippen molar-refractivity contribution >= 4 is 11.8 Å². The molecular formula is C29H35F3N4O5. The van der Waals surface area contributed by atoms with Crippen molar-refractivity contribution in [2.24, 2.45) is 0 Å². The Morgan fingerprint density at radius 2 is 1.71 bits per heavy atom. The van der Waals surface area contributed by atoms with Crippen molar-refractivity contribution in [3.8, 4) is 5.75 Å². The van der Waals surface area contributed by atoms with Gasteiger partial charge in [-0.05, 0) is 63.3 Å². The van der Waals surface area contributed by atoms with Crippen LogP contribution in [0.3, 0.4) is 0 Å². The van der Waals surface area contributed by atoms with Crippen molar-refractivity contribution in [2.75, 3.05) is 18.5 Å². The van der Waals surface area contributed by atoms with Gasteiger partial charge in [0.2, 0.25) is 5.82 Å². The van der Waals surface area contributed by atoms with E-state index in [1.54, 1.807) is 63.2 Å². The summed E-state index contributed by atoms with van der Waals surface area (Å²) >= 11 is 0. The molecule has 9 nitrogen and oxygen atoms in total. The number of anilines is 1. The van der Waals surface area contributed by atoms with Gasteiger partial charge in [0, 0.05) is 19.5 Å². The molecule has 0 atom stereocenters. The van der Waals surface area contributed by atoms with E-state index in [0.29, 0.717) is 30.7 Å². The molecule has 1 N–H and O–H groups in total. The van der Waals surface area contributed by atoms with Gasteiger partial charge in [-0.15, -0.1) is 5.10 Å². The zero-order valence-corrected chi connectivity index (χ0v) is 23.4. The van der Waals surface area contributed by atoms with Gasteiger partial charge in [-0.1, -0.05) is 42.5 Å². The third-order valence-corrected chi connectivity index (χ3v) is 6.11. The third kappa shape index (κ3) is 9.51. The van der Waals surface area contributed by atoms with Crippen LogP contribution >= 0.6 is 0 Å². The molecule has 0 fully saturated rings. The second-order valence-corrected chi connectivity index (χ2v) is 9.96. The Labute approximate surface area is 235 Å². The van der Waals surface area contributed by atoms with Crippen molar-refractivity contribution in [2.45, 2.75) is 71.3 Å². The smallest absolute Gasteiger partial charge is 0.389 e. The van der Waals surface area contributed by atoms with E-state index < -0.39 is 35.4 Å². The molecule has 0 amide bonds. The van der Waals surface area contributed by atoms with Crippen LogP contribution in [0.25, 0.3) is 0 Å². The molecule has 0 spiro atoms. The highest BCUT2D eigenvalue weighted by Crippen LogP contribution is 2.22. The van der Waals surface area contributed by atoms with Gasteiger partial charge in [-0.2, -0.15) is 13.2 Å². The van der Waals surface area contributed by atoms with Gasteiger partial charge < -0.3 is 14.8 Å². The molecule has 1 heterocycles. The third-order valence-electron chi connectivity index (χ3n) is 6.11. The molecule has 0 saturated heterocycles. The van der Waals surface area contributed by atoms with Crippen LogP contribution < -0.4 is 21.3 Å². The first-order chi connectivity index (χ1) is 19.4. The van der Waals surface area contributed by atoms with Crippen molar-refractivity contribution in [1.29, 1.82) is 0 Å². The summed E-state index contributed by atoms with van der Waals surface area (Å²) in [6.07, 6.45) is -4.61. The van der Waals surface area contributed by atoms with Gasteiger partial charge in [0.1, 0.15) is 5.75 Å². The van der Waals surface area contributed by atoms with Crippen LogP contribution in [0.15, 0.2) is 64.2 Å². The highest BCUT2D eigenvalue weighted by Gasteiger charge is 2.31. The number of hydrogen-bond acceptors (Lipinski definition) is 7. The summed E-state index contributed by atoms with van der Waals surface area (Å²) in [5.41, 5.74) is -0.962. The van der Waals surface area contributed by atoms with Gasteiger partial charge in [-0.3, -0.25) is 9.36 Å². The average molecular weight is 577 g/mol. The Morgan fingerprint density at radius 3 is 2.39 bits per heavy atom. The first-order valence-corrected chi connectivity index (χ1v) is 13.4. The lowest BCUT2D eigenvalue weighted by Crippen LogP contribution is -2.43. The topological polar surface area (TPSA) is 104 Å². The average Bonchev–Trinajstić information content (AvgIpc) is 2.91. The molecule has 3 aromatic rings. The van der Waals surface area contributed by atoms with Gasteiger partial charge >= 0.3 is 17.8 Å². The summed E-state index contributed by atoms with van der Waals surface area (Å²) in [5.74, 6) is -0.0783. The maximum atomic E-state index is 13.1. The molecule has 0 radical (unpaired) electrons. The van der Waals surface area contributed by atoms with Gasteiger partial charge in [0.15, 0.2) is 5.60 Å². The number of halogens is 3. The SMILES string of the molecule is CCOC(=O)C(C)(C)Oc1cccc(CCCNc2nn(CCCC(F)(F)F)c(=O)n(Cc3ccccc3)c2=O)c1. The van der Waals surface area contributed by atoms with Gasteiger partial charge in [0.25, 0.3) is 5.56 Å². The number of hydrogen-bond donors (Lipinski definition) is 1. The molecule has 0 aliphatic heterocycles. The molecule has 222 valence electrons. The first-order valence-electron chi connectivity index (χ1n) is 13.4. The number of alkyl halides is 3. The van der Waals surface area contributed by atoms with E-state index in [-0.39, 0.29) is 31.9 Å². The van der Waals surface area contributed by atoms with Crippen LogP contribution in [-0.2, 0) is 29.0 Å². The minimum absolute atomic E-state index is 0.0378. The van der Waals surface area contributed by atoms with Crippen LogP contribution in [0.1, 0.15) is 51.2 Å². The van der Waals surface area contributed by atoms with Gasteiger partial charge in [0.05, 0.1) is 13.2 Å². The Bertz CT molecular complexity index is 1420. The van der Waals surface area contributed by atoms with Crippen molar-refractivity contribution in [1.82, 2.24) is 14.3 Å². The van der Waals surface area contributed by atoms with Crippen molar-refractivity contribution in [3.63, 3.8) is 0 Å². The van der Waals surface area contributed by atoms with E-state index in [1.807, 2.05) is 12.1 Å². The largest absolute Gasteiger partial charge is 0.476 e. The number of benzene rings is 2. The number of carbonyl (C=O) groups is 1. The maximum absolute atomic E-state index is 13.1. The quantitative estimate of drug-likeness (QED) is 0.222. The molecule has 2 aromatic carbocycles. The highest BCUT2D eigenvalue weighted by atomic mass is 19.4. The number of nitrogens with zero attached hydrogens (tertiary/aromatic N) is 3. The Morgan fingerprint density at radius 1 is 1.00 bits per heavy atom. The normalized spacial score (nSPS) is 11.8. The van der Waals surface area contributed by atoms with Crippen molar-refractivity contribution < 1.29 is 27.4 Å². The fourth-order valence-electron chi connectivity index (χ4n) is 4.06. The zero-order valence-electron chi connectivity index (χ0n) is 23.4. The first kappa shape index (κ1) is 31.4. The molecular weight excluding hydrogens is 541 g/mol. The molecule has 0 aliphatic rings. The molecule has 1 aromatic heterocycles. The molecule has 3 rings (SSSR count). The number of ether oxygens (including phenoxy) is 2. The molecule has 0 saturated carbocycles. The Hall–Kier alpha value is -4.09. The molecule has 0 bridgehead atoms. The fraction of sp³-hybridized carbons (Fsp3) is 0.448. The molecule has 0 aliphatic carbocycles. The lowest BCUT2D eigenvalue weighted by atomic mass is 10.1. The Balaban J connectivity index is 1.70. The van der Waals surface area contributed by atoms with E-state index in [9.17, 15) is 27.6 Å². The number of aryl methyl sites for hydroxylation is 2. The molecule has 0 unspecified atom stereocenters. The van der Waals surface area contributed by atoms with E-state index in [1.165, 1.54) is 0 Å². The van der Waals surface area contributed by atoms with Crippen molar-refractivity contribution in [3.05, 3.63) is 86.6 Å². The van der Waals surface area contributed by atoms with Crippen LogP contribution in [0, 0.1) is 0 Å². The highest BCUT2D eigenvalue weighted by molar-refractivity contribution is 5.79. The summed E-state index contributed by atoms with van der Waals surface area (Å²) in [4.78, 5) is 38.2. The predicted molar refractivity (Wildman–Crippen MR) is 148 cm³/mol. The summed E-state index contributed by atoms with van der Waals surface area (Å²) < 4.78 is 50.8. The zero-order chi connectivity index (χ0) is 30.0. The van der Waals surface area contributed by atoms with Crippen LogP contribution in [0.5, 0.6) is 5.75 Å². The molecule has 12 heteroatoms. The van der Waals surface area contributed by atoms with E-state index in [4.69, 9.17) is 9.47 Å². The second kappa shape index (κ2) is 14.0. The van der Waals surface area contributed by atoms with Gasteiger partial charge in [-0.25, -0.2) is 14.3 Å². The molecule has 41 heavy (non-hydrogen) atoms. The van der Waals surface area contributed by atoms with E-state index >= 15 is 0 Å². The lowest BCUT2D eigenvalue weighted by Gasteiger charge is -2.24. The van der Waals surface area contributed by atoms with Crippen LogP contribution in [0.2, 0.25) is 0 Å². The summed E-state index contributed by atoms with van der Waals surface area (Å²) in [6, 6.07) is 16.1. The number of esters is 1. The fourth-order valence-corrected chi connectivity index (χ4v) is 4.06. The number of aromatic nitrogens is 3. The maximum Gasteiger partial charge on any atom is 0.389 e. The summed E-state index contributed by atoms with van der Waals surface area (Å²) in [7, 11) is 0. The standard InChI is InChI=1S/C29H35F3N4O5/c1-4-40-26(38)28(2,3)41-23-15-8-13-21(19-23)14-9-17-33-24-25(37)35(20-22-11-6-5-7-12-22)27(39)36(34-24)18-10-16-29(30,31)32/h5-8,11-13,15,19H,4,9-10,14,16-18,20H2,1-3H3,(H,33,34). The van der Waals surface area contributed by atoms with E-state index in [2.05, 4.69) is 10.4 Å². The van der Waals surface area contributed by atoms with Crippen LogP contribution in [0.4, 0.5) is 19.0 Å². The Kier molecular flexibility index (Phi) is 10.7. The summed E-state index contributed by atoms with van der Waals surface area (Å²) in [5, 5.41) is 7.00. The second-order valence-electron chi connectivity index (χ2n) is 9.96. The predicted octanol–water partition coefficient (Wildman–Crippen LogP) is 4.56. The monoisotopic (exact) mass is 576 g/mol. The lowest BCUT2D eigenvalue weighted by molar-refractivity contribution is -0.158. The summed E-state index contributed by atoms with van der Waals surface area (Å²) in [6.45, 7) is 5.22. The minimum atomic E-state index is -4.36. The van der Waals surface area contributed by atoms with E-state index in [0.717, 1.165) is 14.8 Å². The van der Waals surface area contributed by atoms with Crippen LogP contribution in [-0.4, -0.2) is 45.2 Å². The number of carbonyl (C=O) groups excluding carboxylic acids is 1. The number of nitrogens with one attached hydrogen (secondary N) is 1. The number of rotatable bonds is 14.